The summed E-state index contributed by atoms with van der Waals surface area (Å²) in [6, 6.07) is 9.96. The molecule has 0 aromatic heterocycles. The largest absolute Gasteiger partial charge is 0.462 e. The number of ether oxygens (including phenoxy) is 3. The molecule has 1 aromatic carbocycles. The van der Waals surface area contributed by atoms with Crippen LogP contribution in [0.1, 0.15) is 32.8 Å². The van der Waals surface area contributed by atoms with Crippen LogP contribution in [0.25, 0.3) is 6.08 Å². The Morgan fingerprint density at radius 1 is 1.18 bits per heavy atom. The normalized spacial score (nSPS) is 34.2. The molecule has 22 heavy (non-hydrogen) atoms. The van der Waals surface area contributed by atoms with E-state index in [1.807, 2.05) is 63.3 Å². The molecule has 2 aliphatic rings. The van der Waals surface area contributed by atoms with Crippen LogP contribution >= 0.6 is 0 Å². The van der Waals surface area contributed by atoms with Gasteiger partial charge in [0.2, 0.25) is 0 Å². The van der Waals surface area contributed by atoms with Gasteiger partial charge >= 0.3 is 5.97 Å². The fraction of sp³-hybridized carbons (Fsp3) is 0.500. The molecule has 1 unspecified atom stereocenters. The Labute approximate surface area is 131 Å². The standard InChI is InChI=1S/C18H22O4/c1-12-11-15-16(17(19)20-12)14(21-18(2,3)22-15)10-9-13-7-5-4-6-8-13/h4-10,12,14-16H,11H2,1-3H3/b10-9+/t12-,14-,15-,16?/m1/s1. The van der Waals surface area contributed by atoms with Gasteiger partial charge < -0.3 is 14.2 Å². The highest BCUT2D eigenvalue weighted by molar-refractivity contribution is 5.75. The molecule has 1 aromatic rings. The van der Waals surface area contributed by atoms with E-state index in [2.05, 4.69) is 0 Å². The van der Waals surface area contributed by atoms with Crippen LogP contribution in [0.5, 0.6) is 0 Å². The fourth-order valence-corrected chi connectivity index (χ4v) is 3.14. The zero-order valence-corrected chi connectivity index (χ0v) is 13.2. The average Bonchev–Trinajstić information content (AvgIpc) is 2.43. The molecule has 0 aliphatic carbocycles. The van der Waals surface area contributed by atoms with Crippen molar-refractivity contribution in [1.29, 1.82) is 0 Å². The average molecular weight is 302 g/mol. The topological polar surface area (TPSA) is 44.8 Å². The zero-order chi connectivity index (χ0) is 15.7. The maximum Gasteiger partial charge on any atom is 0.314 e. The number of esters is 1. The molecule has 0 N–H and O–H groups in total. The smallest absolute Gasteiger partial charge is 0.314 e. The third-order valence-corrected chi connectivity index (χ3v) is 4.04. The quantitative estimate of drug-likeness (QED) is 0.787. The molecule has 2 aliphatic heterocycles. The first-order valence-electron chi connectivity index (χ1n) is 7.74. The van der Waals surface area contributed by atoms with Crippen molar-refractivity contribution >= 4 is 12.0 Å². The highest BCUT2D eigenvalue weighted by atomic mass is 16.7. The van der Waals surface area contributed by atoms with Crippen LogP contribution in [0.3, 0.4) is 0 Å². The monoisotopic (exact) mass is 302 g/mol. The van der Waals surface area contributed by atoms with Crippen molar-refractivity contribution < 1.29 is 19.0 Å². The molecule has 0 saturated carbocycles. The Hall–Kier alpha value is -1.65. The van der Waals surface area contributed by atoms with Crippen molar-refractivity contribution in [3.05, 3.63) is 42.0 Å². The molecular formula is C18H22O4. The third-order valence-electron chi connectivity index (χ3n) is 4.04. The van der Waals surface area contributed by atoms with Crippen molar-refractivity contribution in [3.8, 4) is 0 Å². The first-order valence-corrected chi connectivity index (χ1v) is 7.74. The summed E-state index contributed by atoms with van der Waals surface area (Å²) in [5.74, 6) is -1.34. The summed E-state index contributed by atoms with van der Waals surface area (Å²) in [4.78, 5) is 12.3. The van der Waals surface area contributed by atoms with Gasteiger partial charge in [-0.05, 0) is 26.3 Å². The maximum absolute atomic E-state index is 12.3. The molecule has 0 amide bonds. The van der Waals surface area contributed by atoms with E-state index in [-0.39, 0.29) is 24.3 Å². The highest BCUT2D eigenvalue weighted by Gasteiger charge is 2.49. The first kappa shape index (κ1) is 15.3. The van der Waals surface area contributed by atoms with Crippen molar-refractivity contribution in [2.75, 3.05) is 0 Å². The van der Waals surface area contributed by atoms with Crippen molar-refractivity contribution in [3.63, 3.8) is 0 Å². The van der Waals surface area contributed by atoms with E-state index < -0.39 is 11.7 Å². The molecule has 0 radical (unpaired) electrons. The number of fused-ring (bicyclic) bond motifs is 1. The summed E-state index contributed by atoms with van der Waals surface area (Å²) < 4.78 is 17.3. The Kier molecular flexibility index (Phi) is 4.06. The zero-order valence-electron chi connectivity index (χ0n) is 13.2. The van der Waals surface area contributed by atoms with E-state index in [1.54, 1.807) is 0 Å². The maximum atomic E-state index is 12.3. The highest BCUT2D eigenvalue weighted by Crippen LogP contribution is 2.38. The number of benzene rings is 1. The van der Waals surface area contributed by atoms with Gasteiger partial charge in [-0.1, -0.05) is 42.5 Å². The van der Waals surface area contributed by atoms with E-state index >= 15 is 0 Å². The number of hydrogen-bond acceptors (Lipinski definition) is 4. The second-order valence-corrected chi connectivity index (χ2v) is 6.42. The number of rotatable bonds is 2. The van der Waals surface area contributed by atoms with E-state index in [1.165, 1.54) is 0 Å². The number of carbonyl (C=O) groups is 1. The van der Waals surface area contributed by atoms with Crippen LogP contribution in [0, 0.1) is 5.92 Å². The predicted molar refractivity (Wildman–Crippen MR) is 83.0 cm³/mol. The second-order valence-electron chi connectivity index (χ2n) is 6.42. The molecule has 0 bridgehead atoms. The van der Waals surface area contributed by atoms with Gasteiger partial charge in [0.25, 0.3) is 0 Å². The summed E-state index contributed by atoms with van der Waals surface area (Å²) in [5.41, 5.74) is 1.07. The minimum Gasteiger partial charge on any atom is -0.462 e. The summed E-state index contributed by atoms with van der Waals surface area (Å²) in [6.07, 6.45) is 4.02. The predicted octanol–water partition coefficient (Wildman–Crippen LogP) is 3.17. The van der Waals surface area contributed by atoms with Gasteiger partial charge in [-0.2, -0.15) is 0 Å². The van der Waals surface area contributed by atoms with Crippen molar-refractivity contribution in [1.82, 2.24) is 0 Å². The fourth-order valence-electron chi connectivity index (χ4n) is 3.14. The molecule has 4 atom stereocenters. The summed E-state index contributed by atoms with van der Waals surface area (Å²) in [6.45, 7) is 5.67. The Balaban J connectivity index is 1.84. The first-order chi connectivity index (χ1) is 10.4. The molecular weight excluding hydrogens is 280 g/mol. The SMILES string of the molecule is C[C@@H]1C[C@H]2OC(C)(C)O[C@H](/C=C/c3ccccc3)C2C(=O)O1. The minimum atomic E-state index is -0.704. The molecule has 2 saturated heterocycles. The van der Waals surface area contributed by atoms with E-state index in [9.17, 15) is 4.79 Å². The molecule has 2 fully saturated rings. The van der Waals surface area contributed by atoms with E-state index in [0.717, 1.165) is 5.56 Å². The molecule has 2 heterocycles. The lowest BCUT2D eigenvalue weighted by molar-refractivity contribution is -0.319. The minimum absolute atomic E-state index is 0.110. The van der Waals surface area contributed by atoms with Gasteiger partial charge in [0.05, 0.1) is 12.2 Å². The summed E-state index contributed by atoms with van der Waals surface area (Å²) in [7, 11) is 0. The van der Waals surface area contributed by atoms with Crippen molar-refractivity contribution in [2.24, 2.45) is 5.92 Å². The lowest BCUT2D eigenvalue weighted by Crippen LogP contribution is -2.57. The van der Waals surface area contributed by atoms with Gasteiger partial charge in [-0.25, -0.2) is 0 Å². The van der Waals surface area contributed by atoms with E-state index in [0.29, 0.717) is 6.42 Å². The molecule has 118 valence electrons. The number of hydrogen-bond donors (Lipinski definition) is 0. The van der Waals surface area contributed by atoms with Gasteiger partial charge in [0, 0.05) is 6.42 Å². The summed E-state index contributed by atoms with van der Waals surface area (Å²) in [5, 5.41) is 0. The van der Waals surface area contributed by atoms with Crippen LogP contribution in [0.4, 0.5) is 0 Å². The second kappa shape index (κ2) is 5.86. The van der Waals surface area contributed by atoms with Gasteiger partial charge in [0.15, 0.2) is 5.79 Å². The Morgan fingerprint density at radius 2 is 1.91 bits per heavy atom. The van der Waals surface area contributed by atoms with E-state index in [4.69, 9.17) is 14.2 Å². The number of carbonyl (C=O) groups excluding carboxylic acids is 1. The molecule has 4 nitrogen and oxygen atoms in total. The van der Waals surface area contributed by atoms with Crippen LogP contribution in [-0.4, -0.2) is 30.1 Å². The Morgan fingerprint density at radius 3 is 2.64 bits per heavy atom. The van der Waals surface area contributed by atoms with Crippen LogP contribution in [0.2, 0.25) is 0 Å². The van der Waals surface area contributed by atoms with Gasteiger partial charge in [-0.3, -0.25) is 4.79 Å². The molecule has 3 rings (SSSR count). The lowest BCUT2D eigenvalue weighted by Gasteiger charge is -2.47. The van der Waals surface area contributed by atoms with Crippen LogP contribution in [0.15, 0.2) is 36.4 Å². The number of cyclic esters (lactones) is 1. The lowest BCUT2D eigenvalue weighted by atomic mass is 9.87. The summed E-state index contributed by atoms with van der Waals surface area (Å²) >= 11 is 0. The van der Waals surface area contributed by atoms with Crippen molar-refractivity contribution in [2.45, 2.75) is 51.3 Å². The Bertz CT molecular complexity index is 564. The molecule has 0 spiro atoms. The third kappa shape index (κ3) is 3.23. The van der Waals surface area contributed by atoms with Crippen LogP contribution in [-0.2, 0) is 19.0 Å². The van der Waals surface area contributed by atoms with Crippen LogP contribution < -0.4 is 0 Å². The van der Waals surface area contributed by atoms with Gasteiger partial charge in [0.1, 0.15) is 12.0 Å². The van der Waals surface area contributed by atoms with Gasteiger partial charge in [-0.15, -0.1) is 0 Å². The molecule has 4 heteroatoms.